The number of H-pyrrole nitrogens is 1. The van der Waals surface area contributed by atoms with E-state index in [1.165, 1.54) is 4.52 Å². The van der Waals surface area contributed by atoms with Crippen LogP contribution in [0.5, 0.6) is 0 Å². The number of carbonyl (C=O) groups excluding carboxylic acids is 1. The third-order valence-electron chi connectivity index (χ3n) is 5.33. The zero-order valence-corrected chi connectivity index (χ0v) is 17.3. The van der Waals surface area contributed by atoms with Crippen LogP contribution in [0.4, 0.5) is 0 Å². The van der Waals surface area contributed by atoms with E-state index in [2.05, 4.69) is 25.4 Å². The third kappa shape index (κ3) is 3.51. The SMILES string of the molecule is CC(C)n1c(-c2cnn(CCNC(=O)C3CC3)c2)nn2c(-c3c[nH]cn3)cnc2c1=O. The fourth-order valence-electron chi connectivity index (χ4n) is 3.58. The monoisotopic (exact) mass is 421 g/mol. The molecule has 0 aromatic carbocycles. The average Bonchev–Trinajstić information content (AvgIpc) is 3.13. The first kappa shape index (κ1) is 19.2. The van der Waals surface area contributed by atoms with Crippen LogP contribution in [0.1, 0.15) is 32.7 Å². The van der Waals surface area contributed by atoms with Gasteiger partial charge in [0.05, 0.1) is 30.8 Å². The van der Waals surface area contributed by atoms with Crippen molar-refractivity contribution in [1.82, 2.24) is 44.2 Å². The Hall–Kier alpha value is -3.76. The lowest BCUT2D eigenvalue weighted by Crippen LogP contribution is -2.28. The lowest BCUT2D eigenvalue weighted by atomic mass is 10.3. The number of carbonyl (C=O) groups is 1. The van der Waals surface area contributed by atoms with Gasteiger partial charge in [-0.2, -0.15) is 5.10 Å². The normalized spacial score (nSPS) is 13.9. The fourth-order valence-corrected chi connectivity index (χ4v) is 3.58. The Bertz CT molecular complexity index is 1290. The van der Waals surface area contributed by atoms with Gasteiger partial charge in [0.25, 0.3) is 5.56 Å². The summed E-state index contributed by atoms with van der Waals surface area (Å²) < 4.78 is 4.89. The predicted molar refractivity (Wildman–Crippen MR) is 112 cm³/mol. The number of aromatic amines is 1. The van der Waals surface area contributed by atoms with Crippen LogP contribution >= 0.6 is 0 Å². The summed E-state index contributed by atoms with van der Waals surface area (Å²) in [6.07, 6.45) is 10.4. The summed E-state index contributed by atoms with van der Waals surface area (Å²) in [6.45, 7) is 4.90. The van der Waals surface area contributed by atoms with Gasteiger partial charge >= 0.3 is 0 Å². The summed E-state index contributed by atoms with van der Waals surface area (Å²) >= 11 is 0. The molecule has 160 valence electrons. The van der Waals surface area contributed by atoms with Gasteiger partial charge in [0.1, 0.15) is 11.4 Å². The molecule has 0 unspecified atom stereocenters. The van der Waals surface area contributed by atoms with E-state index in [-0.39, 0.29) is 29.1 Å². The first-order chi connectivity index (χ1) is 15.0. The molecule has 0 saturated heterocycles. The fraction of sp³-hybridized carbons (Fsp3) is 0.400. The van der Waals surface area contributed by atoms with Crippen molar-refractivity contribution in [1.29, 1.82) is 0 Å². The van der Waals surface area contributed by atoms with E-state index >= 15 is 0 Å². The average molecular weight is 421 g/mol. The lowest BCUT2D eigenvalue weighted by molar-refractivity contribution is -0.122. The topological polar surface area (TPSA) is 128 Å². The van der Waals surface area contributed by atoms with Crippen LogP contribution in [-0.2, 0) is 11.3 Å². The number of hydrogen-bond donors (Lipinski definition) is 2. The minimum atomic E-state index is -0.230. The lowest BCUT2D eigenvalue weighted by Gasteiger charge is -2.15. The number of rotatable bonds is 7. The highest BCUT2D eigenvalue weighted by molar-refractivity contribution is 5.80. The van der Waals surface area contributed by atoms with E-state index in [0.717, 1.165) is 12.8 Å². The Labute approximate surface area is 177 Å². The molecule has 4 aromatic heterocycles. The highest BCUT2D eigenvalue weighted by Crippen LogP contribution is 2.28. The summed E-state index contributed by atoms with van der Waals surface area (Å²) in [5, 5.41) is 12.1. The number of aromatic nitrogens is 8. The van der Waals surface area contributed by atoms with Gasteiger partial charge in [-0.05, 0) is 26.7 Å². The van der Waals surface area contributed by atoms with Crippen molar-refractivity contribution >= 4 is 11.6 Å². The van der Waals surface area contributed by atoms with Crippen molar-refractivity contribution < 1.29 is 4.79 Å². The summed E-state index contributed by atoms with van der Waals surface area (Å²) in [6, 6.07) is -0.119. The molecule has 1 aliphatic carbocycles. The highest BCUT2D eigenvalue weighted by Gasteiger charge is 2.29. The number of imidazole rings is 2. The first-order valence-corrected chi connectivity index (χ1v) is 10.3. The van der Waals surface area contributed by atoms with Gasteiger partial charge in [-0.1, -0.05) is 0 Å². The van der Waals surface area contributed by atoms with Gasteiger partial charge in [0.2, 0.25) is 11.6 Å². The molecule has 1 saturated carbocycles. The van der Waals surface area contributed by atoms with Gasteiger partial charge in [-0.25, -0.2) is 14.5 Å². The van der Waals surface area contributed by atoms with Crippen LogP contribution in [0, 0.1) is 5.92 Å². The standard InChI is InChI=1S/C20H23N9O2/c1-12(2)28-17(14-7-25-27(10-14)6-5-22-19(30)13-3-4-13)26-29-16(15-8-21-11-24-15)9-23-18(29)20(28)31/h7-13H,3-6H2,1-2H3,(H,21,24)(H,22,30). The minimum absolute atomic E-state index is 0.110. The molecule has 1 amide bonds. The summed E-state index contributed by atoms with van der Waals surface area (Å²) in [4.78, 5) is 36.5. The van der Waals surface area contributed by atoms with Crippen molar-refractivity contribution in [2.75, 3.05) is 6.54 Å². The molecule has 1 aliphatic rings. The molecule has 11 nitrogen and oxygen atoms in total. The number of fused-ring (bicyclic) bond motifs is 1. The van der Waals surface area contributed by atoms with Crippen molar-refractivity contribution in [2.45, 2.75) is 39.3 Å². The number of hydrogen-bond acceptors (Lipinski definition) is 6. The second-order valence-electron chi connectivity index (χ2n) is 7.98. The maximum absolute atomic E-state index is 13.2. The third-order valence-corrected chi connectivity index (χ3v) is 5.33. The molecule has 0 radical (unpaired) electrons. The minimum Gasteiger partial charge on any atom is -0.354 e. The molecule has 0 aliphatic heterocycles. The smallest absolute Gasteiger partial charge is 0.297 e. The Balaban J connectivity index is 1.50. The highest BCUT2D eigenvalue weighted by atomic mass is 16.2. The first-order valence-electron chi connectivity index (χ1n) is 10.3. The van der Waals surface area contributed by atoms with Crippen molar-refractivity contribution in [2.24, 2.45) is 5.92 Å². The molecule has 1 fully saturated rings. The van der Waals surface area contributed by atoms with Gasteiger partial charge in [-0.15, -0.1) is 5.10 Å². The molecule has 5 rings (SSSR count). The van der Waals surface area contributed by atoms with Crippen LogP contribution < -0.4 is 10.9 Å². The van der Waals surface area contributed by atoms with Crippen LogP contribution in [0.15, 0.2) is 35.9 Å². The molecule has 0 bridgehead atoms. The zero-order valence-electron chi connectivity index (χ0n) is 17.3. The van der Waals surface area contributed by atoms with E-state index in [4.69, 9.17) is 5.10 Å². The maximum atomic E-state index is 13.2. The second kappa shape index (κ2) is 7.49. The summed E-state index contributed by atoms with van der Waals surface area (Å²) in [5.74, 6) is 0.790. The molecule has 11 heteroatoms. The molecule has 4 aromatic rings. The van der Waals surface area contributed by atoms with Gasteiger partial charge < -0.3 is 10.3 Å². The molecule has 0 atom stereocenters. The van der Waals surface area contributed by atoms with E-state index in [1.54, 1.807) is 34.2 Å². The molecular weight excluding hydrogens is 398 g/mol. The second-order valence-corrected chi connectivity index (χ2v) is 7.98. The Kier molecular flexibility index (Phi) is 4.64. The Morgan fingerprint density at radius 3 is 2.84 bits per heavy atom. The number of amides is 1. The molecular formula is C20H23N9O2. The van der Waals surface area contributed by atoms with E-state index in [9.17, 15) is 9.59 Å². The quantitative estimate of drug-likeness (QED) is 0.462. The van der Waals surface area contributed by atoms with Crippen LogP contribution in [-0.4, -0.2) is 51.4 Å². The van der Waals surface area contributed by atoms with Gasteiger partial charge in [-0.3, -0.25) is 18.8 Å². The van der Waals surface area contributed by atoms with Crippen molar-refractivity contribution in [3.05, 3.63) is 41.5 Å². The van der Waals surface area contributed by atoms with Gasteiger partial charge in [0.15, 0.2) is 5.82 Å². The Morgan fingerprint density at radius 2 is 2.13 bits per heavy atom. The Morgan fingerprint density at radius 1 is 1.29 bits per heavy atom. The predicted octanol–water partition coefficient (Wildman–Crippen LogP) is 1.25. The van der Waals surface area contributed by atoms with Gasteiger partial charge in [0, 0.05) is 30.9 Å². The number of nitrogens with one attached hydrogen (secondary N) is 2. The summed E-state index contributed by atoms with van der Waals surface area (Å²) in [5.41, 5.74) is 2.00. The van der Waals surface area contributed by atoms with Crippen molar-refractivity contribution in [3.63, 3.8) is 0 Å². The van der Waals surface area contributed by atoms with E-state index < -0.39 is 0 Å². The maximum Gasteiger partial charge on any atom is 0.297 e. The van der Waals surface area contributed by atoms with E-state index in [1.807, 2.05) is 20.0 Å². The van der Waals surface area contributed by atoms with Crippen molar-refractivity contribution in [3.8, 4) is 22.8 Å². The zero-order chi connectivity index (χ0) is 21.5. The molecule has 0 spiro atoms. The number of nitrogens with zero attached hydrogens (tertiary/aromatic N) is 7. The van der Waals surface area contributed by atoms with E-state index in [0.29, 0.717) is 35.9 Å². The van der Waals surface area contributed by atoms with Crippen LogP contribution in [0.2, 0.25) is 0 Å². The largest absolute Gasteiger partial charge is 0.354 e. The van der Waals surface area contributed by atoms with Crippen LogP contribution in [0.3, 0.4) is 0 Å². The van der Waals surface area contributed by atoms with Crippen LogP contribution in [0.25, 0.3) is 28.4 Å². The molecule has 31 heavy (non-hydrogen) atoms. The molecule has 4 heterocycles. The summed E-state index contributed by atoms with van der Waals surface area (Å²) in [7, 11) is 0. The molecule has 2 N–H and O–H groups in total.